The number of benzene rings is 2. The van der Waals surface area contributed by atoms with Crippen LogP contribution in [0.4, 0.5) is 5.69 Å². The molecule has 2 aromatic carbocycles. The third-order valence-electron chi connectivity index (χ3n) is 3.34. The third-order valence-corrected chi connectivity index (χ3v) is 3.34. The minimum atomic E-state index is -0.305. The zero-order valence-corrected chi connectivity index (χ0v) is 12.2. The fraction of sp³-hybridized carbons (Fsp3) is 0.125. The first-order chi connectivity index (χ1) is 10.7. The first-order valence-electron chi connectivity index (χ1n) is 6.69. The Morgan fingerprint density at radius 1 is 1.14 bits per heavy atom. The van der Waals surface area contributed by atoms with Crippen molar-refractivity contribution in [2.45, 2.75) is 0 Å². The Morgan fingerprint density at radius 3 is 2.73 bits per heavy atom. The lowest BCUT2D eigenvalue weighted by atomic mass is 10.2. The van der Waals surface area contributed by atoms with Crippen molar-refractivity contribution in [3.8, 4) is 11.5 Å². The van der Waals surface area contributed by atoms with Crippen LogP contribution < -0.4 is 14.8 Å². The summed E-state index contributed by atoms with van der Waals surface area (Å²) in [6.07, 6.45) is 0. The number of fused-ring (bicyclic) bond motifs is 1. The maximum atomic E-state index is 12.4. The average molecular weight is 297 g/mol. The highest BCUT2D eigenvalue weighted by molar-refractivity contribution is 6.11. The van der Waals surface area contributed by atoms with E-state index in [9.17, 15) is 4.79 Å². The van der Waals surface area contributed by atoms with Crippen LogP contribution in [0.25, 0.3) is 10.9 Å². The number of para-hydroxylation sites is 1. The molecule has 6 heteroatoms. The van der Waals surface area contributed by atoms with Gasteiger partial charge in [-0.25, -0.2) is 0 Å². The Hall–Kier alpha value is -3.02. The molecule has 1 heterocycles. The van der Waals surface area contributed by atoms with Gasteiger partial charge in [0, 0.05) is 11.5 Å². The summed E-state index contributed by atoms with van der Waals surface area (Å²) >= 11 is 0. The molecule has 0 fully saturated rings. The minimum Gasteiger partial charge on any atom is -0.497 e. The van der Waals surface area contributed by atoms with E-state index in [-0.39, 0.29) is 5.91 Å². The standard InChI is InChI=1S/C16H15N3O3/c1-21-10-7-8-13(14(9-10)22-2)17-16(20)15-11-5-3-4-6-12(11)18-19-15/h3-9H,1-2H3,(H,17,20)(H,18,19). The molecule has 0 aliphatic rings. The van der Waals surface area contributed by atoms with Crippen LogP contribution in [0, 0.1) is 0 Å². The van der Waals surface area contributed by atoms with Crippen molar-refractivity contribution in [2.24, 2.45) is 0 Å². The smallest absolute Gasteiger partial charge is 0.276 e. The summed E-state index contributed by atoms with van der Waals surface area (Å²) in [6, 6.07) is 12.6. The Kier molecular flexibility index (Phi) is 3.65. The van der Waals surface area contributed by atoms with Gasteiger partial charge in [0.1, 0.15) is 11.5 Å². The van der Waals surface area contributed by atoms with Crippen LogP contribution in [0.3, 0.4) is 0 Å². The number of ether oxygens (including phenoxy) is 2. The number of hydrogen-bond donors (Lipinski definition) is 2. The van der Waals surface area contributed by atoms with Gasteiger partial charge < -0.3 is 14.8 Å². The van der Waals surface area contributed by atoms with Gasteiger partial charge in [0.2, 0.25) is 0 Å². The summed E-state index contributed by atoms with van der Waals surface area (Å²) < 4.78 is 10.4. The van der Waals surface area contributed by atoms with Crippen LogP contribution in [0.5, 0.6) is 11.5 Å². The molecule has 0 atom stereocenters. The molecule has 0 aliphatic carbocycles. The molecule has 0 bridgehead atoms. The number of methoxy groups -OCH3 is 2. The highest BCUT2D eigenvalue weighted by atomic mass is 16.5. The number of nitrogens with one attached hydrogen (secondary N) is 2. The number of anilines is 1. The first kappa shape index (κ1) is 13.9. The summed E-state index contributed by atoms with van der Waals surface area (Å²) in [5.41, 5.74) is 1.71. The van der Waals surface area contributed by atoms with Crippen molar-refractivity contribution in [1.29, 1.82) is 0 Å². The van der Waals surface area contributed by atoms with Crippen LogP contribution in [0.2, 0.25) is 0 Å². The van der Waals surface area contributed by atoms with Crippen LogP contribution in [0.15, 0.2) is 42.5 Å². The molecule has 0 saturated carbocycles. The molecule has 0 aliphatic heterocycles. The van der Waals surface area contributed by atoms with Gasteiger partial charge in [-0.2, -0.15) is 5.10 Å². The monoisotopic (exact) mass is 297 g/mol. The van der Waals surface area contributed by atoms with Gasteiger partial charge in [-0.15, -0.1) is 0 Å². The second-order valence-electron chi connectivity index (χ2n) is 4.64. The molecule has 2 N–H and O–H groups in total. The predicted molar refractivity (Wildman–Crippen MR) is 83.6 cm³/mol. The molecular formula is C16H15N3O3. The van der Waals surface area contributed by atoms with Gasteiger partial charge >= 0.3 is 0 Å². The lowest BCUT2D eigenvalue weighted by molar-refractivity contribution is 0.102. The van der Waals surface area contributed by atoms with E-state index in [0.29, 0.717) is 22.9 Å². The molecular weight excluding hydrogens is 282 g/mol. The van der Waals surface area contributed by atoms with E-state index >= 15 is 0 Å². The van der Waals surface area contributed by atoms with Crippen LogP contribution in [-0.2, 0) is 0 Å². The van der Waals surface area contributed by atoms with Crippen LogP contribution >= 0.6 is 0 Å². The minimum absolute atomic E-state index is 0.305. The molecule has 22 heavy (non-hydrogen) atoms. The van der Waals surface area contributed by atoms with Gasteiger partial charge in [0.15, 0.2) is 5.69 Å². The summed E-state index contributed by atoms with van der Waals surface area (Å²) in [5, 5.41) is 10.5. The van der Waals surface area contributed by atoms with Gasteiger partial charge in [-0.05, 0) is 18.2 Å². The van der Waals surface area contributed by atoms with Crippen molar-refractivity contribution >= 4 is 22.5 Å². The van der Waals surface area contributed by atoms with E-state index in [0.717, 1.165) is 10.9 Å². The zero-order valence-electron chi connectivity index (χ0n) is 12.2. The van der Waals surface area contributed by atoms with E-state index in [1.54, 1.807) is 25.3 Å². The number of aromatic nitrogens is 2. The maximum Gasteiger partial charge on any atom is 0.276 e. The first-order valence-corrected chi connectivity index (χ1v) is 6.69. The highest BCUT2D eigenvalue weighted by Gasteiger charge is 2.16. The Labute approximate surface area is 127 Å². The van der Waals surface area contributed by atoms with Crippen molar-refractivity contribution in [3.05, 3.63) is 48.2 Å². The number of hydrogen-bond acceptors (Lipinski definition) is 4. The number of carbonyl (C=O) groups excluding carboxylic acids is 1. The lowest BCUT2D eigenvalue weighted by Crippen LogP contribution is -2.13. The van der Waals surface area contributed by atoms with Crippen molar-refractivity contribution in [1.82, 2.24) is 10.2 Å². The quantitative estimate of drug-likeness (QED) is 0.776. The van der Waals surface area contributed by atoms with Crippen molar-refractivity contribution in [3.63, 3.8) is 0 Å². The molecule has 0 radical (unpaired) electrons. The number of rotatable bonds is 4. The predicted octanol–water partition coefficient (Wildman–Crippen LogP) is 2.83. The highest BCUT2D eigenvalue weighted by Crippen LogP contribution is 2.29. The molecule has 0 spiro atoms. The molecule has 1 aromatic heterocycles. The Morgan fingerprint density at radius 2 is 1.95 bits per heavy atom. The van der Waals surface area contributed by atoms with Gasteiger partial charge in [0.05, 0.1) is 25.4 Å². The summed E-state index contributed by atoms with van der Waals surface area (Å²) in [7, 11) is 3.11. The topological polar surface area (TPSA) is 76.2 Å². The third kappa shape index (κ3) is 2.46. The molecule has 0 saturated heterocycles. The molecule has 3 rings (SSSR count). The summed E-state index contributed by atoms with van der Waals surface area (Å²) in [6.45, 7) is 0. The maximum absolute atomic E-state index is 12.4. The average Bonchev–Trinajstić information content (AvgIpc) is 2.99. The Balaban J connectivity index is 1.91. The zero-order chi connectivity index (χ0) is 15.5. The van der Waals surface area contributed by atoms with E-state index in [2.05, 4.69) is 15.5 Å². The van der Waals surface area contributed by atoms with E-state index in [4.69, 9.17) is 9.47 Å². The van der Waals surface area contributed by atoms with Crippen LogP contribution in [-0.4, -0.2) is 30.3 Å². The number of H-pyrrole nitrogens is 1. The van der Waals surface area contributed by atoms with E-state index in [1.165, 1.54) is 7.11 Å². The molecule has 112 valence electrons. The second-order valence-corrected chi connectivity index (χ2v) is 4.64. The summed E-state index contributed by atoms with van der Waals surface area (Å²) in [4.78, 5) is 12.4. The van der Waals surface area contributed by atoms with E-state index in [1.807, 2.05) is 24.3 Å². The summed E-state index contributed by atoms with van der Waals surface area (Å²) in [5.74, 6) is 0.869. The SMILES string of the molecule is COc1ccc(NC(=O)c2n[nH]c3ccccc23)c(OC)c1. The second kappa shape index (κ2) is 5.77. The van der Waals surface area contributed by atoms with E-state index < -0.39 is 0 Å². The largest absolute Gasteiger partial charge is 0.497 e. The molecule has 0 unspecified atom stereocenters. The molecule has 3 aromatic rings. The fourth-order valence-corrected chi connectivity index (χ4v) is 2.22. The lowest BCUT2D eigenvalue weighted by Gasteiger charge is -2.11. The van der Waals surface area contributed by atoms with Crippen LogP contribution in [0.1, 0.15) is 10.5 Å². The Bertz CT molecular complexity index is 826. The number of aromatic amines is 1. The van der Waals surface area contributed by atoms with Gasteiger partial charge in [-0.3, -0.25) is 9.89 Å². The van der Waals surface area contributed by atoms with Gasteiger partial charge in [0.25, 0.3) is 5.91 Å². The van der Waals surface area contributed by atoms with Crippen molar-refractivity contribution in [2.75, 3.05) is 19.5 Å². The molecule has 1 amide bonds. The number of amides is 1. The normalized spacial score (nSPS) is 10.5. The van der Waals surface area contributed by atoms with Gasteiger partial charge in [-0.1, -0.05) is 18.2 Å². The number of carbonyl (C=O) groups is 1. The van der Waals surface area contributed by atoms with Crippen molar-refractivity contribution < 1.29 is 14.3 Å². The number of nitrogens with zero attached hydrogens (tertiary/aromatic N) is 1. The molecule has 6 nitrogen and oxygen atoms in total. The fourth-order valence-electron chi connectivity index (χ4n) is 2.22.